The lowest BCUT2D eigenvalue weighted by Crippen LogP contribution is -2.34. The molecule has 1 aromatic carbocycles. The summed E-state index contributed by atoms with van der Waals surface area (Å²) < 4.78 is 13.3. The van der Waals surface area contributed by atoms with Crippen LogP contribution in [0.25, 0.3) is 0 Å². The Morgan fingerprint density at radius 1 is 1.47 bits per heavy atom. The van der Waals surface area contributed by atoms with Gasteiger partial charge in [-0.1, -0.05) is 6.07 Å². The Balaban J connectivity index is 2.55. The number of nitrogens with one attached hydrogen (secondary N) is 1. The van der Waals surface area contributed by atoms with Gasteiger partial charge >= 0.3 is 0 Å². The molecular weight excluding hydrogens is 193 g/mol. The summed E-state index contributed by atoms with van der Waals surface area (Å²) in [7, 11) is 0. The van der Waals surface area contributed by atoms with Crippen LogP contribution in [0.5, 0.6) is 5.75 Å². The second-order valence-electron chi connectivity index (χ2n) is 4.45. The van der Waals surface area contributed by atoms with Gasteiger partial charge in [0.2, 0.25) is 0 Å². The van der Waals surface area contributed by atoms with E-state index in [1.807, 2.05) is 13.8 Å². The molecule has 1 aliphatic heterocycles. The van der Waals surface area contributed by atoms with Crippen molar-refractivity contribution in [2.75, 3.05) is 6.54 Å². The number of benzene rings is 1. The SMILES string of the molecule is Cc1ccc(F)c(O)c1C1(C)CCCN1. The van der Waals surface area contributed by atoms with Crippen LogP contribution in [-0.2, 0) is 5.54 Å². The number of aryl methyl sites for hydroxylation is 1. The highest BCUT2D eigenvalue weighted by atomic mass is 19.1. The van der Waals surface area contributed by atoms with E-state index in [0.717, 1.165) is 24.9 Å². The minimum atomic E-state index is -0.537. The van der Waals surface area contributed by atoms with Crippen molar-refractivity contribution in [1.82, 2.24) is 5.32 Å². The lowest BCUT2D eigenvalue weighted by molar-refractivity contribution is 0.373. The number of hydrogen-bond donors (Lipinski definition) is 2. The van der Waals surface area contributed by atoms with E-state index in [-0.39, 0.29) is 11.3 Å². The fourth-order valence-electron chi connectivity index (χ4n) is 2.47. The third-order valence-corrected chi connectivity index (χ3v) is 3.26. The predicted molar refractivity (Wildman–Crippen MR) is 57.4 cm³/mol. The molecular formula is C12H16FNO. The Labute approximate surface area is 89.1 Å². The number of phenolic OH excluding ortho intramolecular Hbond substituents is 1. The van der Waals surface area contributed by atoms with Gasteiger partial charge in [0.15, 0.2) is 11.6 Å². The number of halogens is 1. The molecule has 3 heteroatoms. The van der Waals surface area contributed by atoms with E-state index in [1.165, 1.54) is 6.07 Å². The Bertz CT molecular complexity index is 383. The van der Waals surface area contributed by atoms with Crippen LogP contribution in [0.3, 0.4) is 0 Å². The Hall–Kier alpha value is -1.09. The lowest BCUT2D eigenvalue weighted by Gasteiger charge is -2.27. The molecule has 0 radical (unpaired) electrons. The zero-order chi connectivity index (χ0) is 11.1. The standard InChI is InChI=1S/C12H16FNO/c1-8-4-5-9(13)11(15)10(8)12(2)6-3-7-14-12/h4-5,14-15H,3,6-7H2,1-2H3. The molecule has 1 heterocycles. The van der Waals surface area contributed by atoms with Crippen LogP contribution in [0.4, 0.5) is 4.39 Å². The van der Waals surface area contributed by atoms with E-state index in [4.69, 9.17) is 0 Å². The number of hydrogen-bond acceptors (Lipinski definition) is 2. The number of rotatable bonds is 1. The molecule has 1 fully saturated rings. The molecule has 0 saturated carbocycles. The summed E-state index contributed by atoms with van der Waals surface area (Å²) in [6.45, 7) is 4.84. The maximum atomic E-state index is 13.3. The first-order valence-electron chi connectivity index (χ1n) is 5.28. The normalized spacial score (nSPS) is 25.8. The summed E-state index contributed by atoms with van der Waals surface area (Å²) >= 11 is 0. The van der Waals surface area contributed by atoms with Crippen LogP contribution in [0.1, 0.15) is 30.9 Å². The van der Waals surface area contributed by atoms with Crippen LogP contribution < -0.4 is 5.32 Å². The quantitative estimate of drug-likeness (QED) is 0.744. The summed E-state index contributed by atoms with van der Waals surface area (Å²) in [5.74, 6) is -0.738. The fraction of sp³-hybridized carbons (Fsp3) is 0.500. The minimum absolute atomic E-state index is 0.202. The Morgan fingerprint density at radius 3 is 2.80 bits per heavy atom. The maximum Gasteiger partial charge on any atom is 0.165 e. The Kier molecular flexibility index (Phi) is 2.43. The van der Waals surface area contributed by atoms with Crippen LogP contribution in [0.2, 0.25) is 0 Å². The van der Waals surface area contributed by atoms with Gasteiger partial charge in [0.1, 0.15) is 0 Å². The molecule has 1 aromatic rings. The van der Waals surface area contributed by atoms with Crippen LogP contribution in [-0.4, -0.2) is 11.7 Å². The molecule has 2 nitrogen and oxygen atoms in total. The average molecular weight is 209 g/mol. The maximum absolute atomic E-state index is 13.3. The summed E-state index contributed by atoms with van der Waals surface area (Å²) in [4.78, 5) is 0. The number of aromatic hydroxyl groups is 1. The largest absolute Gasteiger partial charge is 0.505 e. The molecule has 2 rings (SSSR count). The van der Waals surface area contributed by atoms with E-state index in [1.54, 1.807) is 6.07 Å². The average Bonchev–Trinajstić information content (AvgIpc) is 2.60. The van der Waals surface area contributed by atoms with Crippen molar-refractivity contribution < 1.29 is 9.50 Å². The second kappa shape index (κ2) is 3.49. The molecule has 0 spiro atoms. The van der Waals surface area contributed by atoms with Gasteiger partial charge in [-0.2, -0.15) is 0 Å². The molecule has 0 aromatic heterocycles. The summed E-state index contributed by atoms with van der Waals surface area (Å²) in [5.41, 5.74) is 1.36. The van der Waals surface area contributed by atoms with E-state index in [2.05, 4.69) is 5.32 Å². The molecule has 0 aliphatic carbocycles. The van der Waals surface area contributed by atoms with Gasteiger partial charge < -0.3 is 10.4 Å². The van der Waals surface area contributed by atoms with Gasteiger partial charge in [0, 0.05) is 11.1 Å². The molecule has 0 bridgehead atoms. The monoisotopic (exact) mass is 209 g/mol. The van der Waals surface area contributed by atoms with Gasteiger partial charge in [-0.05, 0) is 44.9 Å². The zero-order valence-electron chi connectivity index (χ0n) is 9.10. The van der Waals surface area contributed by atoms with E-state index in [0.29, 0.717) is 5.56 Å². The van der Waals surface area contributed by atoms with Crippen molar-refractivity contribution >= 4 is 0 Å². The highest BCUT2D eigenvalue weighted by Gasteiger charge is 2.34. The first-order chi connectivity index (χ1) is 7.04. The van der Waals surface area contributed by atoms with Crippen molar-refractivity contribution in [1.29, 1.82) is 0 Å². The molecule has 1 unspecified atom stereocenters. The van der Waals surface area contributed by atoms with Gasteiger partial charge in [-0.25, -0.2) is 4.39 Å². The van der Waals surface area contributed by atoms with Crippen LogP contribution in [0, 0.1) is 12.7 Å². The molecule has 2 N–H and O–H groups in total. The second-order valence-corrected chi connectivity index (χ2v) is 4.45. The topological polar surface area (TPSA) is 32.3 Å². The zero-order valence-corrected chi connectivity index (χ0v) is 9.10. The van der Waals surface area contributed by atoms with E-state index >= 15 is 0 Å². The molecule has 15 heavy (non-hydrogen) atoms. The third-order valence-electron chi connectivity index (χ3n) is 3.26. The molecule has 1 aliphatic rings. The summed E-state index contributed by atoms with van der Waals surface area (Å²) in [5, 5.41) is 13.1. The van der Waals surface area contributed by atoms with E-state index < -0.39 is 5.82 Å². The van der Waals surface area contributed by atoms with Crippen molar-refractivity contribution in [3.05, 3.63) is 29.1 Å². The molecule has 82 valence electrons. The summed E-state index contributed by atoms with van der Waals surface area (Å²) in [6.07, 6.45) is 2.00. The van der Waals surface area contributed by atoms with Gasteiger partial charge in [0.05, 0.1) is 0 Å². The van der Waals surface area contributed by atoms with Crippen LogP contribution in [0.15, 0.2) is 12.1 Å². The molecule has 1 saturated heterocycles. The van der Waals surface area contributed by atoms with Crippen molar-refractivity contribution in [2.45, 2.75) is 32.2 Å². The predicted octanol–water partition coefficient (Wildman–Crippen LogP) is 2.44. The van der Waals surface area contributed by atoms with E-state index in [9.17, 15) is 9.50 Å². The Morgan fingerprint density at radius 2 is 2.20 bits per heavy atom. The highest BCUT2D eigenvalue weighted by molar-refractivity contribution is 5.45. The number of phenols is 1. The highest BCUT2D eigenvalue weighted by Crippen LogP contribution is 2.39. The first kappa shape index (κ1) is 10.4. The molecule has 1 atom stereocenters. The van der Waals surface area contributed by atoms with Crippen molar-refractivity contribution in [2.24, 2.45) is 0 Å². The smallest absolute Gasteiger partial charge is 0.165 e. The van der Waals surface area contributed by atoms with Crippen molar-refractivity contribution in [3.63, 3.8) is 0 Å². The fourth-order valence-corrected chi connectivity index (χ4v) is 2.47. The molecule has 0 amide bonds. The first-order valence-corrected chi connectivity index (χ1v) is 5.28. The van der Waals surface area contributed by atoms with Gasteiger partial charge in [-0.3, -0.25) is 0 Å². The lowest BCUT2D eigenvalue weighted by atomic mass is 9.86. The van der Waals surface area contributed by atoms with Gasteiger partial charge in [0.25, 0.3) is 0 Å². The van der Waals surface area contributed by atoms with Crippen LogP contribution >= 0.6 is 0 Å². The minimum Gasteiger partial charge on any atom is -0.505 e. The summed E-state index contributed by atoms with van der Waals surface area (Å²) in [6, 6.07) is 3.03. The van der Waals surface area contributed by atoms with Gasteiger partial charge in [-0.15, -0.1) is 0 Å². The van der Waals surface area contributed by atoms with Crippen molar-refractivity contribution in [3.8, 4) is 5.75 Å². The third kappa shape index (κ3) is 1.61.